The lowest BCUT2D eigenvalue weighted by Crippen LogP contribution is -2.03. The predicted octanol–water partition coefficient (Wildman–Crippen LogP) is 2.29. The second kappa shape index (κ2) is 6.18. The van der Waals surface area contributed by atoms with Crippen LogP contribution >= 0.6 is 11.8 Å². The molecule has 1 aromatic rings. The minimum absolute atomic E-state index is 0.00171. The largest absolute Gasteiger partial charge is 0.396 e. The van der Waals surface area contributed by atoms with E-state index in [2.05, 4.69) is 0 Å². The van der Waals surface area contributed by atoms with Crippen LogP contribution in [0.4, 0.5) is 8.78 Å². The van der Waals surface area contributed by atoms with Gasteiger partial charge in [0.25, 0.3) is 0 Å². The van der Waals surface area contributed by atoms with Gasteiger partial charge in [0.1, 0.15) is 11.6 Å². The van der Waals surface area contributed by atoms with Crippen molar-refractivity contribution in [2.24, 2.45) is 5.73 Å². The highest BCUT2D eigenvalue weighted by molar-refractivity contribution is 8.00. The maximum Gasteiger partial charge on any atom is 0.140 e. The van der Waals surface area contributed by atoms with E-state index in [9.17, 15) is 8.78 Å². The Balaban J connectivity index is 2.87. The van der Waals surface area contributed by atoms with Gasteiger partial charge in [-0.05, 0) is 24.1 Å². The Bertz CT molecular complexity index is 337. The minimum atomic E-state index is -0.588. The van der Waals surface area contributed by atoms with Crippen molar-refractivity contribution < 1.29 is 13.9 Å². The molecule has 16 heavy (non-hydrogen) atoms. The molecular weight excluding hydrogens is 232 g/mol. The van der Waals surface area contributed by atoms with Crippen LogP contribution < -0.4 is 5.73 Å². The molecule has 1 rings (SSSR count). The van der Waals surface area contributed by atoms with E-state index in [0.717, 1.165) is 11.8 Å². The Morgan fingerprint density at radius 1 is 1.38 bits per heavy atom. The van der Waals surface area contributed by atoms with Crippen LogP contribution in [-0.2, 0) is 6.54 Å². The lowest BCUT2D eigenvalue weighted by atomic mass is 10.2. The summed E-state index contributed by atoms with van der Waals surface area (Å²) in [5.41, 5.74) is 5.75. The number of nitrogens with two attached hydrogens (primary N) is 1. The molecule has 0 aromatic heterocycles. The lowest BCUT2D eigenvalue weighted by molar-refractivity contribution is 0.289. The maximum absolute atomic E-state index is 13.5. The van der Waals surface area contributed by atoms with Crippen LogP contribution in [0.15, 0.2) is 17.0 Å². The smallest absolute Gasteiger partial charge is 0.140 e. The third-order valence-corrected chi connectivity index (χ3v) is 3.41. The first-order valence-corrected chi connectivity index (χ1v) is 5.92. The zero-order chi connectivity index (χ0) is 12.1. The highest BCUT2D eigenvalue weighted by atomic mass is 32.2. The van der Waals surface area contributed by atoms with E-state index in [1.54, 1.807) is 0 Å². The fourth-order valence-corrected chi connectivity index (χ4v) is 2.25. The summed E-state index contributed by atoms with van der Waals surface area (Å²) in [5, 5.41) is 8.69. The fraction of sp³-hybridized carbons (Fsp3) is 0.455. The van der Waals surface area contributed by atoms with Crippen molar-refractivity contribution in [1.29, 1.82) is 0 Å². The number of aliphatic hydroxyl groups excluding tert-OH is 1. The van der Waals surface area contributed by atoms with Crippen molar-refractivity contribution in [3.63, 3.8) is 0 Å². The summed E-state index contributed by atoms with van der Waals surface area (Å²) in [5.74, 6) is -1.18. The summed E-state index contributed by atoms with van der Waals surface area (Å²) < 4.78 is 27.0. The van der Waals surface area contributed by atoms with Crippen molar-refractivity contribution in [3.8, 4) is 0 Å². The van der Waals surface area contributed by atoms with E-state index in [1.807, 2.05) is 6.92 Å². The summed E-state index contributed by atoms with van der Waals surface area (Å²) >= 11 is 1.09. The van der Waals surface area contributed by atoms with Crippen LogP contribution in [0.3, 0.4) is 0 Å². The zero-order valence-corrected chi connectivity index (χ0v) is 9.86. The maximum atomic E-state index is 13.5. The van der Waals surface area contributed by atoms with Gasteiger partial charge in [0, 0.05) is 18.4 Å². The number of thioether (sulfide) groups is 1. The first kappa shape index (κ1) is 13.4. The molecule has 90 valence electrons. The average Bonchev–Trinajstić information content (AvgIpc) is 2.23. The molecule has 0 spiro atoms. The normalized spacial score (nSPS) is 12.8. The first-order valence-electron chi connectivity index (χ1n) is 5.04. The summed E-state index contributed by atoms with van der Waals surface area (Å²) in [4.78, 5) is -0.00171. The lowest BCUT2D eigenvalue weighted by Gasteiger charge is -2.11. The average molecular weight is 247 g/mol. The van der Waals surface area contributed by atoms with Gasteiger partial charge in [0.2, 0.25) is 0 Å². The number of benzene rings is 1. The van der Waals surface area contributed by atoms with Crippen LogP contribution in [-0.4, -0.2) is 17.0 Å². The van der Waals surface area contributed by atoms with E-state index in [1.165, 1.54) is 12.1 Å². The first-order chi connectivity index (χ1) is 7.58. The van der Waals surface area contributed by atoms with Crippen molar-refractivity contribution in [2.45, 2.75) is 30.0 Å². The minimum Gasteiger partial charge on any atom is -0.396 e. The van der Waals surface area contributed by atoms with Crippen LogP contribution in [0.25, 0.3) is 0 Å². The Morgan fingerprint density at radius 3 is 2.38 bits per heavy atom. The summed E-state index contributed by atoms with van der Waals surface area (Å²) in [7, 11) is 0. The molecule has 0 aliphatic heterocycles. The summed E-state index contributed by atoms with van der Waals surface area (Å²) in [6.45, 7) is 1.94. The van der Waals surface area contributed by atoms with Crippen LogP contribution in [0.5, 0.6) is 0 Å². The topological polar surface area (TPSA) is 46.2 Å². The number of hydrogen-bond donors (Lipinski definition) is 2. The Morgan fingerprint density at radius 2 is 1.94 bits per heavy atom. The van der Waals surface area contributed by atoms with Crippen molar-refractivity contribution >= 4 is 11.8 Å². The van der Waals surface area contributed by atoms with E-state index >= 15 is 0 Å². The van der Waals surface area contributed by atoms with Crippen LogP contribution in [0, 0.1) is 11.6 Å². The molecule has 2 nitrogen and oxygen atoms in total. The highest BCUT2D eigenvalue weighted by Gasteiger charge is 2.14. The molecule has 1 atom stereocenters. The molecular formula is C11H15F2NOS. The van der Waals surface area contributed by atoms with Crippen LogP contribution in [0.1, 0.15) is 18.9 Å². The second-order valence-electron chi connectivity index (χ2n) is 3.53. The highest BCUT2D eigenvalue weighted by Crippen LogP contribution is 2.30. The standard InChI is InChI=1S/C11H15F2NOS/c1-7(2-3-15)16-11-9(12)4-8(6-14)5-10(11)13/h4-5,7,15H,2-3,6,14H2,1H3. The molecule has 0 saturated carbocycles. The SMILES string of the molecule is CC(CCO)Sc1c(F)cc(CN)cc1F. The van der Waals surface area contributed by atoms with E-state index in [4.69, 9.17) is 10.8 Å². The molecule has 5 heteroatoms. The van der Waals surface area contributed by atoms with Gasteiger partial charge in [-0.2, -0.15) is 0 Å². The van der Waals surface area contributed by atoms with Gasteiger partial charge in [0.15, 0.2) is 0 Å². The van der Waals surface area contributed by atoms with E-state index in [-0.39, 0.29) is 23.3 Å². The van der Waals surface area contributed by atoms with E-state index < -0.39 is 11.6 Å². The molecule has 0 amide bonds. The number of aliphatic hydroxyl groups is 1. The molecule has 0 aliphatic rings. The molecule has 0 radical (unpaired) electrons. The van der Waals surface area contributed by atoms with Gasteiger partial charge in [-0.3, -0.25) is 0 Å². The van der Waals surface area contributed by atoms with Gasteiger partial charge in [-0.15, -0.1) is 11.8 Å². The number of halogens is 2. The van der Waals surface area contributed by atoms with Gasteiger partial charge in [-0.25, -0.2) is 8.78 Å². The van der Waals surface area contributed by atoms with Gasteiger partial charge < -0.3 is 10.8 Å². The molecule has 1 aromatic carbocycles. The molecule has 0 heterocycles. The van der Waals surface area contributed by atoms with Gasteiger partial charge >= 0.3 is 0 Å². The van der Waals surface area contributed by atoms with Gasteiger partial charge in [0.05, 0.1) is 4.90 Å². The number of rotatable bonds is 5. The third kappa shape index (κ3) is 3.43. The molecule has 3 N–H and O–H groups in total. The second-order valence-corrected chi connectivity index (χ2v) is 4.98. The third-order valence-electron chi connectivity index (χ3n) is 2.15. The van der Waals surface area contributed by atoms with Crippen molar-refractivity contribution in [3.05, 3.63) is 29.3 Å². The van der Waals surface area contributed by atoms with Crippen LogP contribution in [0.2, 0.25) is 0 Å². The Kier molecular flexibility index (Phi) is 5.18. The number of hydrogen-bond acceptors (Lipinski definition) is 3. The zero-order valence-electron chi connectivity index (χ0n) is 9.04. The quantitative estimate of drug-likeness (QED) is 0.785. The Hall–Kier alpha value is -0.650. The molecule has 0 fully saturated rings. The van der Waals surface area contributed by atoms with E-state index in [0.29, 0.717) is 12.0 Å². The Labute approximate surface area is 97.8 Å². The monoisotopic (exact) mass is 247 g/mol. The molecule has 0 bridgehead atoms. The predicted molar refractivity (Wildman–Crippen MR) is 61.3 cm³/mol. The molecule has 1 unspecified atom stereocenters. The summed E-state index contributed by atoms with van der Waals surface area (Å²) in [6, 6.07) is 2.49. The molecule has 0 aliphatic carbocycles. The van der Waals surface area contributed by atoms with Crippen molar-refractivity contribution in [2.75, 3.05) is 6.61 Å². The molecule has 0 saturated heterocycles. The van der Waals surface area contributed by atoms with Crippen molar-refractivity contribution in [1.82, 2.24) is 0 Å². The van der Waals surface area contributed by atoms with Gasteiger partial charge in [-0.1, -0.05) is 6.92 Å². The summed E-state index contributed by atoms with van der Waals surface area (Å²) in [6.07, 6.45) is 0.502. The fourth-order valence-electron chi connectivity index (χ4n) is 1.28.